The highest BCUT2D eigenvalue weighted by Gasteiger charge is 2.29. The zero-order valence-corrected chi connectivity index (χ0v) is 6.82. The Morgan fingerprint density at radius 1 is 1.30 bits per heavy atom. The lowest BCUT2D eigenvalue weighted by atomic mass is 10.2. The van der Waals surface area contributed by atoms with Gasteiger partial charge in [0.15, 0.2) is 0 Å². The largest absolute Gasteiger partial charge is 0.375 e. The van der Waals surface area contributed by atoms with E-state index in [9.17, 15) is 0 Å². The lowest BCUT2D eigenvalue weighted by molar-refractivity contribution is 0.0113. The Bertz CT molecular complexity index is 97.8. The standard InChI is InChI=1S/C7H13NO.ClH/c1-2-6-7(3-1)9-5-4-8-6;/h6-8H,1-5H2;1H/t6-,7+;/m0./s1. The minimum atomic E-state index is 0. The third-order valence-corrected chi connectivity index (χ3v) is 2.29. The molecular formula is C7H14ClNO. The van der Waals surface area contributed by atoms with Crippen molar-refractivity contribution >= 4 is 12.4 Å². The number of fused-ring (bicyclic) bond motifs is 1. The van der Waals surface area contributed by atoms with Gasteiger partial charge >= 0.3 is 0 Å². The molecule has 2 nitrogen and oxygen atoms in total. The Balaban J connectivity index is 0.000000500. The van der Waals surface area contributed by atoms with Crippen molar-refractivity contribution in [3.8, 4) is 0 Å². The van der Waals surface area contributed by atoms with Crippen molar-refractivity contribution in [1.29, 1.82) is 0 Å². The SMILES string of the molecule is C1C[C@@H]2NCCO[C@@H]2C1.Cl. The Morgan fingerprint density at radius 2 is 2.20 bits per heavy atom. The number of nitrogens with one attached hydrogen (secondary N) is 1. The maximum Gasteiger partial charge on any atom is 0.0728 e. The van der Waals surface area contributed by atoms with E-state index in [0.29, 0.717) is 12.1 Å². The summed E-state index contributed by atoms with van der Waals surface area (Å²) in [5.74, 6) is 0. The first-order valence-electron chi connectivity index (χ1n) is 3.82. The maximum absolute atomic E-state index is 5.54. The third-order valence-electron chi connectivity index (χ3n) is 2.29. The van der Waals surface area contributed by atoms with E-state index in [4.69, 9.17) is 4.74 Å². The molecule has 10 heavy (non-hydrogen) atoms. The van der Waals surface area contributed by atoms with Crippen LogP contribution in [0.1, 0.15) is 19.3 Å². The summed E-state index contributed by atoms with van der Waals surface area (Å²) in [7, 11) is 0. The summed E-state index contributed by atoms with van der Waals surface area (Å²) in [5.41, 5.74) is 0. The summed E-state index contributed by atoms with van der Waals surface area (Å²) in [6, 6.07) is 0.693. The molecule has 1 N–H and O–H groups in total. The van der Waals surface area contributed by atoms with E-state index in [1.54, 1.807) is 0 Å². The summed E-state index contributed by atoms with van der Waals surface area (Å²) in [5, 5.41) is 3.46. The number of rotatable bonds is 0. The van der Waals surface area contributed by atoms with Gasteiger partial charge in [-0.3, -0.25) is 0 Å². The fraction of sp³-hybridized carbons (Fsp3) is 1.00. The van der Waals surface area contributed by atoms with Gasteiger partial charge in [-0.15, -0.1) is 12.4 Å². The number of morpholine rings is 1. The smallest absolute Gasteiger partial charge is 0.0728 e. The van der Waals surface area contributed by atoms with Crippen LogP contribution >= 0.6 is 12.4 Å². The number of hydrogen-bond acceptors (Lipinski definition) is 2. The topological polar surface area (TPSA) is 21.3 Å². The molecule has 0 aromatic rings. The van der Waals surface area contributed by atoms with Crippen molar-refractivity contribution in [2.45, 2.75) is 31.4 Å². The Labute approximate surface area is 67.7 Å². The second kappa shape index (κ2) is 3.56. The summed E-state index contributed by atoms with van der Waals surface area (Å²) in [4.78, 5) is 0. The van der Waals surface area contributed by atoms with E-state index < -0.39 is 0 Å². The first-order valence-corrected chi connectivity index (χ1v) is 3.82. The van der Waals surface area contributed by atoms with Crippen LogP contribution in [0.25, 0.3) is 0 Å². The molecule has 0 aromatic carbocycles. The molecule has 0 radical (unpaired) electrons. The molecule has 1 saturated heterocycles. The fourth-order valence-electron chi connectivity index (χ4n) is 1.81. The molecule has 2 atom stereocenters. The van der Waals surface area contributed by atoms with Gasteiger partial charge in [0.05, 0.1) is 12.7 Å². The third kappa shape index (κ3) is 1.44. The minimum absolute atomic E-state index is 0. The molecular weight excluding hydrogens is 150 g/mol. The van der Waals surface area contributed by atoms with Gasteiger partial charge in [-0.1, -0.05) is 0 Å². The lowest BCUT2D eigenvalue weighted by Crippen LogP contribution is -2.44. The average molecular weight is 164 g/mol. The molecule has 0 bridgehead atoms. The van der Waals surface area contributed by atoms with Crippen LogP contribution in [0.15, 0.2) is 0 Å². The van der Waals surface area contributed by atoms with Crippen LogP contribution in [-0.4, -0.2) is 25.3 Å². The van der Waals surface area contributed by atoms with Crippen LogP contribution in [0.4, 0.5) is 0 Å². The van der Waals surface area contributed by atoms with Gasteiger partial charge in [0, 0.05) is 12.6 Å². The molecule has 3 heteroatoms. The highest BCUT2D eigenvalue weighted by atomic mass is 35.5. The van der Waals surface area contributed by atoms with E-state index in [2.05, 4.69) is 5.32 Å². The van der Waals surface area contributed by atoms with Crippen molar-refractivity contribution in [2.75, 3.05) is 13.2 Å². The average Bonchev–Trinajstić information content (AvgIpc) is 2.33. The van der Waals surface area contributed by atoms with Gasteiger partial charge in [0.2, 0.25) is 0 Å². The van der Waals surface area contributed by atoms with Crippen LogP contribution in [0.3, 0.4) is 0 Å². The molecule has 0 amide bonds. The van der Waals surface area contributed by atoms with E-state index in [0.717, 1.165) is 13.2 Å². The predicted molar refractivity (Wildman–Crippen MR) is 42.6 cm³/mol. The van der Waals surface area contributed by atoms with Crippen molar-refractivity contribution in [3.05, 3.63) is 0 Å². The lowest BCUT2D eigenvalue weighted by Gasteiger charge is -2.26. The molecule has 0 aromatic heterocycles. The molecule has 1 aliphatic heterocycles. The van der Waals surface area contributed by atoms with Crippen LogP contribution in [0, 0.1) is 0 Å². The molecule has 1 saturated carbocycles. The minimum Gasteiger partial charge on any atom is -0.375 e. The molecule has 60 valence electrons. The number of hydrogen-bond donors (Lipinski definition) is 1. The van der Waals surface area contributed by atoms with Crippen molar-refractivity contribution < 1.29 is 4.74 Å². The van der Waals surface area contributed by atoms with Crippen LogP contribution < -0.4 is 5.32 Å². The Morgan fingerprint density at radius 3 is 3.00 bits per heavy atom. The second-order valence-electron chi connectivity index (χ2n) is 2.90. The number of halogens is 1. The summed E-state index contributed by atoms with van der Waals surface area (Å²) >= 11 is 0. The Kier molecular flexibility index (Phi) is 2.96. The Hall–Kier alpha value is 0.210. The predicted octanol–water partition coefficient (Wildman–Crippen LogP) is 0.949. The van der Waals surface area contributed by atoms with E-state index in [1.807, 2.05) is 0 Å². The summed E-state index contributed by atoms with van der Waals surface area (Å²) in [6.07, 6.45) is 4.50. The van der Waals surface area contributed by atoms with Crippen LogP contribution in [0.5, 0.6) is 0 Å². The first kappa shape index (κ1) is 8.31. The van der Waals surface area contributed by atoms with Gasteiger partial charge < -0.3 is 10.1 Å². The summed E-state index contributed by atoms with van der Waals surface area (Å²) in [6.45, 7) is 1.97. The molecule has 0 spiro atoms. The number of ether oxygens (including phenoxy) is 1. The van der Waals surface area contributed by atoms with Crippen molar-refractivity contribution in [1.82, 2.24) is 5.32 Å². The van der Waals surface area contributed by atoms with Crippen LogP contribution in [-0.2, 0) is 4.74 Å². The molecule has 1 aliphatic carbocycles. The van der Waals surface area contributed by atoms with E-state index >= 15 is 0 Å². The van der Waals surface area contributed by atoms with Crippen LogP contribution in [0.2, 0.25) is 0 Å². The van der Waals surface area contributed by atoms with Gasteiger partial charge in [-0.2, -0.15) is 0 Å². The molecule has 2 fully saturated rings. The highest BCUT2D eigenvalue weighted by molar-refractivity contribution is 5.85. The zero-order valence-electron chi connectivity index (χ0n) is 6.01. The first-order chi connectivity index (χ1) is 4.47. The van der Waals surface area contributed by atoms with Gasteiger partial charge in [0.1, 0.15) is 0 Å². The monoisotopic (exact) mass is 163 g/mol. The molecule has 2 rings (SSSR count). The fourth-order valence-corrected chi connectivity index (χ4v) is 1.81. The van der Waals surface area contributed by atoms with Gasteiger partial charge in [-0.05, 0) is 19.3 Å². The molecule has 0 unspecified atom stereocenters. The maximum atomic E-state index is 5.54. The summed E-state index contributed by atoms with van der Waals surface area (Å²) < 4.78 is 5.54. The van der Waals surface area contributed by atoms with Crippen molar-refractivity contribution in [3.63, 3.8) is 0 Å². The molecule has 1 heterocycles. The van der Waals surface area contributed by atoms with Gasteiger partial charge in [0.25, 0.3) is 0 Å². The van der Waals surface area contributed by atoms with Gasteiger partial charge in [-0.25, -0.2) is 0 Å². The normalized spacial score (nSPS) is 38.4. The van der Waals surface area contributed by atoms with E-state index in [1.165, 1.54) is 19.3 Å². The molecule has 2 aliphatic rings. The second-order valence-corrected chi connectivity index (χ2v) is 2.90. The van der Waals surface area contributed by atoms with Crippen molar-refractivity contribution in [2.24, 2.45) is 0 Å². The quantitative estimate of drug-likeness (QED) is 0.574. The highest BCUT2D eigenvalue weighted by Crippen LogP contribution is 2.23. The zero-order chi connectivity index (χ0) is 6.10. The van der Waals surface area contributed by atoms with E-state index in [-0.39, 0.29) is 12.4 Å².